The summed E-state index contributed by atoms with van der Waals surface area (Å²) in [5.74, 6) is 0.589. The Morgan fingerprint density at radius 1 is 1.40 bits per heavy atom. The third kappa shape index (κ3) is 1.99. The molecule has 0 atom stereocenters. The normalized spacial score (nSPS) is 14.2. The minimum absolute atomic E-state index is 0.0553. The van der Waals surface area contributed by atoms with Crippen molar-refractivity contribution in [2.24, 2.45) is 0 Å². The molecule has 1 aliphatic rings. The van der Waals surface area contributed by atoms with Gasteiger partial charge in [0.05, 0.1) is 16.7 Å². The van der Waals surface area contributed by atoms with Crippen molar-refractivity contribution in [1.82, 2.24) is 5.16 Å². The fourth-order valence-electron chi connectivity index (χ4n) is 2.27. The van der Waals surface area contributed by atoms with E-state index in [-0.39, 0.29) is 17.4 Å². The molecule has 1 saturated carbocycles. The Labute approximate surface area is 114 Å². The Morgan fingerprint density at radius 3 is 2.80 bits per heavy atom. The van der Waals surface area contributed by atoms with Crippen LogP contribution in [0.15, 0.2) is 28.9 Å². The summed E-state index contributed by atoms with van der Waals surface area (Å²) >= 11 is 0. The van der Waals surface area contributed by atoms with Crippen molar-refractivity contribution >= 4 is 11.5 Å². The molecule has 20 heavy (non-hydrogen) atoms. The quantitative estimate of drug-likeness (QED) is 0.485. The van der Waals surface area contributed by atoms with Crippen molar-refractivity contribution < 1.29 is 14.2 Å². The highest BCUT2D eigenvalue weighted by atomic mass is 16.6. The monoisotopic (exact) mass is 272 g/mol. The molecule has 0 spiro atoms. The number of nitro groups is 1. The molecular weight excluding hydrogens is 260 g/mol. The van der Waals surface area contributed by atoms with Gasteiger partial charge in [0.25, 0.3) is 5.69 Å². The minimum atomic E-state index is -0.485. The van der Waals surface area contributed by atoms with Gasteiger partial charge in [0.2, 0.25) is 0 Å². The summed E-state index contributed by atoms with van der Waals surface area (Å²) in [7, 11) is 0. The third-order valence-corrected chi connectivity index (χ3v) is 3.54. The first-order valence-electron chi connectivity index (χ1n) is 6.33. The first-order chi connectivity index (χ1) is 9.59. The van der Waals surface area contributed by atoms with Gasteiger partial charge in [-0.25, -0.2) is 0 Å². The maximum Gasteiger partial charge on any atom is 0.273 e. The average Bonchev–Trinajstić information content (AvgIpc) is 3.15. The van der Waals surface area contributed by atoms with Crippen LogP contribution in [0.5, 0.6) is 0 Å². The van der Waals surface area contributed by atoms with Crippen molar-refractivity contribution in [3.8, 4) is 0 Å². The number of nitro benzene ring substituents is 1. The van der Waals surface area contributed by atoms with E-state index >= 15 is 0 Å². The Bertz CT molecular complexity index is 701. The smallest absolute Gasteiger partial charge is 0.273 e. The summed E-state index contributed by atoms with van der Waals surface area (Å²) in [4.78, 5) is 23.0. The maximum absolute atomic E-state index is 12.5. The lowest BCUT2D eigenvalue weighted by Gasteiger charge is -2.04. The molecule has 1 heterocycles. The molecule has 6 nitrogen and oxygen atoms in total. The number of benzene rings is 1. The zero-order valence-electron chi connectivity index (χ0n) is 10.8. The number of aromatic nitrogens is 1. The van der Waals surface area contributed by atoms with Crippen molar-refractivity contribution in [1.29, 1.82) is 0 Å². The lowest BCUT2D eigenvalue weighted by atomic mass is 9.97. The molecule has 2 aromatic rings. The number of rotatable bonds is 4. The molecule has 0 saturated heterocycles. The molecule has 1 aliphatic carbocycles. The lowest BCUT2D eigenvalue weighted by molar-refractivity contribution is -0.385. The number of nitrogens with zero attached hydrogens (tertiary/aromatic N) is 2. The number of ketones is 1. The molecule has 0 radical (unpaired) electrons. The first kappa shape index (κ1) is 12.5. The molecule has 3 rings (SSSR count). The molecule has 0 amide bonds. The molecule has 0 aliphatic heterocycles. The Balaban J connectivity index is 2.04. The summed E-state index contributed by atoms with van der Waals surface area (Å²) < 4.78 is 5.14. The largest absolute Gasteiger partial charge is 0.360 e. The van der Waals surface area contributed by atoms with Gasteiger partial charge in [-0.3, -0.25) is 14.9 Å². The van der Waals surface area contributed by atoms with E-state index in [9.17, 15) is 14.9 Å². The predicted octanol–water partition coefficient (Wildman–Crippen LogP) is 3.00. The maximum atomic E-state index is 12.5. The fraction of sp³-hybridized carbons (Fsp3) is 0.286. The third-order valence-electron chi connectivity index (χ3n) is 3.54. The summed E-state index contributed by atoms with van der Waals surface area (Å²) in [5, 5.41) is 14.6. The van der Waals surface area contributed by atoms with Crippen molar-refractivity contribution in [3.05, 3.63) is 57.0 Å². The average molecular weight is 272 g/mol. The zero-order chi connectivity index (χ0) is 14.3. The summed E-state index contributed by atoms with van der Waals surface area (Å²) in [6, 6.07) is 4.50. The molecule has 1 aromatic heterocycles. The summed E-state index contributed by atoms with van der Waals surface area (Å²) in [5.41, 5.74) is 1.05. The van der Waals surface area contributed by atoms with Gasteiger partial charge in [-0.2, -0.15) is 0 Å². The molecular formula is C14H12N2O4. The van der Waals surface area contributed by atoms with Crippen LogP contribution >= 0.6 is 0 Å². The van der Waals surface area contributed by atoms with Crippen LogP contribution in [0.4, 0.5) is 5.69 Å². The molecule has 0 bridgehead atoms. The first-order valence-corrected chi connectivity index (χ1v) is 6.33. The van der Waals surface area contributed by atoms with E-state index in [2.05, 4.69) is 5.16 Å². The topological polar surface area (TPSA) is 86.2 Å². The summed E-state index contributed by atoms with van der Waals surface area (Å²) in [6.07, 6.45) is 3.38. The van der Waals surface area contributed by atoms with Crippen LogP contribution in [0, 0.1) is 17.0 Å². The second-order valence-electron chi connectivity index (χ2n) is 4.91. The van der Waals surface area contributed by atoms with Gasteiger partial charge in [0, 0.05) is 23.1 Å². The van der Waals surface area contributed by atoms with Crippen molar-refractivity contribution in [2.75, 3.05) is 0 Å². The minimum Gasteiger partial charge on any atom is -0.360 e. The van der Waals surface area contributed by atoms with Crippen molar-refractivity contribution in [2.45, 2.75) is 25.7 Å². The lowest BCUT2D eigenvalue weighted by Crippen LogP contribution is -2.06. The molecule has 1 aromatic carbocycles. The van der Waals surface area contributed by atoms with Crippen LogP contribution in [-0.4, -0.2) is 15.9 Å². The Morgan fingerprint density at radius 2 is 2.15 bits per heavy atom. The van der Waals surface area contributed by atoms with Crippen LogP contribution in [0.3, 0.4) is 0 Å². The van der Waals surface area contributed by atoms with Crippen LogP contribution < -0.4 is 0 Å². The number of hydrogen-bond acceptors (Lipinski definition) is 5. The number of carbonyl (C=O) groups is 1. The number of carbonyl (C=O) groups excluding carboxylic acids is 1. The molecule has 102 valence electrons. The summed E-state index contributed by atoms with van der Waals surface area (Å²) in [6.45, 7) is 1.58. The van der Waals surface area contributed by atoms with E-state index in [1.54, 1.807) is 13.0 Å². The van der Waals surface area contributed by atoms with Crippen molar-refractivity contribution in [3.63, 3.8) is 0 Å². The fourth-order valence-corrected chi connectivity index (χ4v) is 2.27. The predicted molar refractivity (Wildman–Crippen MR) is 69.7 cm³/mol. The van der Waals surface area contributed by atoms with Gasteiger partial charge in [-0.05, 0) is 19.8 Å². The Hall–Kier alpha value is -2.50. The van der Waals surface area contributed by atoms with E-state index < -0.39 is 4.92 Å². The van der Waals surface area contributed by atoms with Crippen LogP contribution in [0.2, 0.25) is 0 Å². The molecule has 0 N–H and O–H groups in total. The highest BCUT2D eigenvalue weighted by Gasteiger charge is 2.33. The Kier molecular flexibility index (Phi) is 2.85. The van der Waals surface area contributed by atoms with E-state index in [0.717, 1.165) is 12.8 Å². The zero-order valence-corrected chi connectivity index (χ0v) is 10.8. The van der Waals surface area contributed by atoms with Gasteiger partial charge in [-0.15, -0.1) is 0 Å². The SMILES string of the molecule is Cc1c(C(=O)c2cnoc2C2CC2)cccc1[N+](=O)[O-]. The second kappa shape index (κ2) is 4.56. The van der Waals surface area contributed by atoms with E-state index in [1.807, 2.05) is 0 Å². The molecule has 0 unspecified atom stereocenters. The van der Waals surface area contributed by atoms with Crippen LogP contribution in [0.1, 0.15) is 46.0 Å². The molecule has 6 heteroatoms. The van der Waals surface area contributed by atoms with Gasteiger partial charge in [0.1, 0.15) is 0 Å². The van der Waals surface area contributed by atoms with Gasteiger partial charge in [-0.1, -0.05) is 17.3 Å². The highest BCUT2D eigenvalue weighted by Crippen LogP contribution is 2.42. The highest BCUT2D eigenvalue weighted by molar-refractivity contribution is 6.10. The van der Waals surface area contributed by atoms with Gasteiger partial charge < -0.3 is 4.52 Å². The van der Waals surface area contributed by atoms with Gasteiger partial charge in [0.15, 0.2) is 11.5 Å². The number of hydrogen-bond donors (Lipinski definition) is 0. The van der Waals surface area contributed by atoms with E-state index in [1.165, 1.54) is 18.3 Å². The van der Waals surface area contributed by atoms with E-state index in [4.69, 9.17) is 4.52 Å². The van der Waals surface area contributed by atoms with Crippen LogP contribution in [-0.2, 0) is 0 Å². The standard InChI is InChI=1S/C14H12N2O4/c1-8-10(3-2-4-12(8)16(18)19)13(17)11-7-15-20-14(11)9-5-6-9/h2-4,7,9H,5-6H2,1H3. The van der Waals surface area contributed by atoms with Gasteiger partial charge >= 0.3 is 0 Å². The second-order valence-corrected chi connectivity index (χ2v) is 4.91. The van der Waals surface area contributed by atoms with Crippen LogP contribution in [0.25, 0.3) is 0 Å². The molecule has 1 fully saturated rings. The van der Waals surface area contributed by atoms with E-state index in [0.29, 0.717) is 22.5 Å².